The summed E-state index contributed by atoms with van der Waals surface area (Å²) in [5.41, 5.74) is -1.80. The number of carboxylic acid groups (broad SMARTS) is 2. The molecule has 2 saturated carbocycles. The van der Waals surface area contributed by atoms with Crippen LogP contribution in [0.2, 0.25) is 0 Å². The van der Waals surface area contributed by atoms with E-state index in [0.29, 0.717) is 6.42 Å². The monoisotopic (exact) mass is 170 g/mol. The maximum absolute atomic E-state index is 10.8. The Morgan fingerprint density at radius 3 is 1.67 bits per heavy atom. The number of hydrogen-bond donors (Lipinski definition) is 2. The van der Waals surface area contributed by atoms with E-state index in [0.717, 1.165) is 19.3 Å². The van der Waals surface area contributed by atoms with Crippen molar-refractivity contribution < 1.29 is 19.8 Å². The second-order valence-electron chi connectivity index (χ2n) is 3.83. The van der Waals surface area contributed by atoms with Crippen LogP contribution < -0.4 is 0 Å². The van der Waals surface area contributed by atoms with Crippen LogP contribution in [-0.2, 0) is 9.59 Å². The number of rotatable bonds is 2. The first kappa shape index (κ1) is 7.58. The van der Waals surface area contributed by atoms with E-state index < -0.39 is 17.4 Å². The first-order valence-corrected chi connectivity index (χ1v) is 4.02. The van der Waals surface area contributed by atoms with Gasteiger partial charge < -0.3 is 10.2 Å². The van der Waals surface area contributed by atoms with Gasteiger partial charge in [-0.2, -0.15) is 0 Å². The van der Waals surface area contributed by atoms with Crippen LogP contribution in [0.5, 0.6) is 0 Å². The SMILES string of the molecule is O=C(O)C1(C(=O)O)CC12CCC2. The number of hydrogen-bond acceptors (Lipinski definition) is 2. The first-order chi connectivity index (χ1) is 5.55. The molecule has 0 heterocycles. The number of carbonyl (C=O) groups is 2. The van der Waals surface area contributed by atoms with Gasteiger partial charge in [0, 0.05) is 0 Å². The molecule has 0 radical (unpaired) electrons. The molecule has 2 rings (SSSR count). The average Bonchev–Trinajstić information content (AvgIpc) is 2.55. The van der Waals surface area contributed by atoms with E-state index in [1.807, 2.05) is 0 Å². The largest absolute Gasteiger partial charge is 0.480 e. The molecule has 0 bridgehead atoms. The molecule has 12 heavy (non-hydrogen) atoms. The van der Waals surface area contributed by atoms with Gasteiger partial charge in [0.25, 0.3) is 0 Å². The molecule has 66 valence electrons. The summed E-state index contributed by atoms with van der Waals surface area (Å²) in [7, 11) is 0. The molecule has 4 nitrogen and oxygen atoms in total. The Morgan fingerprint density at radius 2 is 1.58 bits per heavy atom. The smallest absolute Gasteiger partial charge is 0.321 e. The molecule has 0 saturated heterocycles. The fraction of sp³-hybridized carbons (Fsp3) is 0.750. The molecule has 2 aliphatic rings. The van der Waals surface area contributed by atoms with Gasteiger partial charge in [0.2, 0.25) is 0 Å². The molecule has 0 aromatic rings. The second-order valence-corrected chi connectivity index (χ2v) is 3.83. The van der Waals surface area contributed by atoms with E-state index in [9.17, 15) is 9.59 Å². The van der Waals surface area contributed by atoms with Gasteiger partial charge in [0.05, 0.1) is 0 Å². The van der Waals surface area contributed by atoms with Gasteiger partial charge in [0.1, 0.15) is 0 Å². The standard InChI is InChI=1S/C8H10O4/c9-5(10)8(6(11)12)4-7(8)2-1-3-7/h1-4H2,(H,9,10)(H,11,12). The van der Waals surface area contributed by atoms with E-state index in [4.69, 9.17) is 10.2 Å². The summed E-state index contributed by atoms with van der Waals surface area (Å²) in [6.07, 6.45) is 2.85. The summed E-state index contributed by atoms with van der Waals surface area (Å²) in [5, 5.41) is 17.6. The van der Waals surface area contributed by atoms with E-state index >= 15 is 0 Å². The van der Waals surface area contributed by atoms with Crippen LogP contribution in [0.4, 0.5) is 0 Å². The second kappa shape index (κ2) is 1.81. The summed E-state index contributed by atoms with van der Waals surface area (Å²) in [6, 6.07) is 0. The minimum atomic E-state index is -1.43. The van der Waals surface area contributed by atoms with Gasteiger partial charge in [-0.3, -0.25) is 9.59 Å². The maximum atomic E-state index is 10.8. The van der Waals surface area contributed by atoms with Crippen LogP contribution >= 0.6 is 0 Å². The molecule has 0 aromatic heterocycles. The molecule has 0 aromatic carbocycles. The summed E-state index contributed by atoms with van der Waals surface area (Å²) >= 11 is 0. The van der Waals surface area contributed by atoms with Crippen molar-refractivity contribution >= 4 is 11.9 Å². The zero-order valence-corrected chi connectivity index (χ0v) is 6.54. The lowest BCUT2D eigenvalue weighted by atomic mass is 9.75. The van der Waals surface area contributed by atoms with Crippen molar-refractivity contribution in [1.29, 1.82) is 0 Å². The van der Waals surface area contributed by atoms with Crippen molar-refractivity contribution in [2.75, 3.05) is 0 Å². The quantitative estimate of drug-likeness (QED) is 0.598. The number of aliphatic carboxylic acids is 2. The van der Waals surface area contributed by atoms with Gasteiger partial charge in [-0.1, -0.05) is 6.42 Å². The van der Waals surface area contributed by atoms with Gasteiger partial charge in [0.15, 0.2) is 5.41 Å². The van der Waals surface area contributed by atoms with Crippen molar-refractivity contribution in [2.24, 2.45) is 10.8 Å². The number of carboxylic acids is 2. The van der Waals surface area contributed by atoms with E-state index in [1.54, 1.807) is 0 Å². The van der Waals surface area contributed by atoms with Crippen LogP contribution in [0.1, 0.15) is 25.7 Å². The Balaban J connectivity index is 2.29. The van der Waals surface area contributed by atoms with Crippen LogP contribution in [0.3, 0.4) is 0 Å². The van der Waals surface area contributed by atoms with Crippen LogP contribution in [0.15, 0.2) is 0 Å². The van der Waals surface area contributed by atoms with Gasteiger partial charge >= 0.3 is 11.9 Å². The highest BCUT2D eigenvalue weighted by Gasteiger charge is 2.78. The Morgan fingerprint density at radius 1 is 1.08 bits per heavy atom. The van der Waals surface area contributed by atoms with Gasteiger partial charge in [-0.15, -0.1) is 0 Å². The van der Waals surface area contributed by atoms with Crippen LogP contribution in [0, 0.1) is 10.8 Å². The summed E-state index contributed by atoms with van der Waals surface area (Å²) in [5.74, 6) is -2.32. The molecule has 2 N–H and O–H groups in total. The third-order valence-corrected chi connectivity index (χ3v) is 3.42. The molecule has 1 spiro atoms. The van der Waals surface area contributed by atoms with Crippen LogP contribution in [0.25, 0.3) is 0 Å². The Kier molecular flexibility index (Phi) is 1.14. The zero-order chi connectivity index (χ0) is 8.98. The van der Waals surface area contributed by atoms with Gasteiger partial charge in [-0.25, -0.2) is 0 Å². The molecule has 0 atom stereocenters. The van der Waals surface area contributed by atoms with Crippen molar-refractivity contribution in [3.05, 3.63) is 0 Å². The topological polar surface area (TPSA) is 74.6 Å². The highest BCUT2D eigenvalue weighted by atomic mass is 16.4. The fourth-order valence-corrected chi connectivity index (χ4v) is 2.37. The Labute approximate surface area is 69.2 Å². The highest BCUT2D eigenvalue weighted by molar-refractivity contribution is 6.03. The van der Waals surface area contributed by atoms with Crippen molar-refractivity contribution in [3.8, 4) is 0 Å². The van der Waals surface area contributed by atoms with Crippen LogP contribution in [-0.4, -0.2) is 22.2 Å². The molecule has 0 aliphatic heterocycles. The Bertz CT molecular complexity index is 250. The van der Waals surface area contributed by atoms with E-state index in [2.05, 4.69) is 0 Å². The molecule has 0 amide bonds. The van der Waals surface area contributed by atoms with Crippen molar-refractivity contribution in [2.45, 2.75) is 25.7 Å². The van der Waals surface area contributed by atoms with Crippen molar-refractivity contribution in [3.63, 3.8) is 0 Å². The Hall–Kier alpha value is -1.06. The molecule has 2 aliphatic carbocycles. The maximum Gasteiger partial charge on any atom is 0.321 e. The first-order valence-electron chi connectivity index (χ1n) is 4.02. The fourth-order valence-electron chi connectivity index (χ4n) is 2.37. The van der Waals surface area contributed by atoms with Crippen molar-refractivity contribution in [1.82, 2.24) is 0 Å². The summed E-state index contributed by atoms with van der Waals surface area (Å²) < 4.78 is 0. The van der Waals surface area contributed by atoms with Gasteiger partial charge in [-0.05, 0) is 24.7 Å². The molecule has 2 fully saturated rings. The predicted octanol–water partition coefficient (Wildman–Crippen LogP) is 0.716. The van der Waals surface area contributed by atoms with E-state index in [-0.39, 0.29) is 5.41 Å². The minimum Gasteiger partial charge on any atom is -0.480 e. The average molecular weight is 170 g/mol. The molecular formula is C8H10O4. The zero-order valence-electron chi connectivity index (χ0n) is 6.54. The third kappa shape index (κ3) is 0.552. The highest BCUT2D eigenvalue weighted by Crippen LogP contribution is 2.74. The summed E-state index contributed by atoms with van der Waals surface area (Å²) in [6.45, 7) is 0. The normalized spacial score (nSPS) is 27.7. The lowest BCUT2D eigenvalue weighted by Crippen LogP contribution is -2.35. The molecule has 4 heteroatoms. The minimum absolute atomic E-state index is 0.338. The lowest BCUT2D eigenvalue weighted by Gasteiger charge is -2.28. The molecular weight excluding hydrogens is 160 g/mol. The third-order valence-electron chi connectivity index (χ3n) is 3.42. The predicted molar refractivity (Wildman–Crippen MR) is 38.6 cm³/mol. The molecule has 0 unspecified atom stereocenters. The summed E-state index contributed by atoms with van der Waals surface area (Å²) in [4.78, 5) is 21.5. The van der Waals surface area contributed by atoms with E-state index in [1.165, 1.54) is 0 Å². The lowest BCUT2D eigenvalue weighted by molar-refractivity contribution is -0.160.